The molecule has 0 bridgehead atoms. The van der Waals surface area contributed by atoms with Crippen LogP contribution in [0.4, 0.5) is 0 Å². The number of hydrogen-bond acceptors (Lipinski definition) is 5. The molecule has 0 aliphatic rings. The van der Waals surface area contributed by atoms with E-state index in [1.54, 1.807) is 6.20 Å². The fourth-order valence-corrected chi connectivity index (χ4v) is 1.21. The van der Waals surface area contributed by atoms with Crippen molar-refractivity contribution in [2.75, 3.05) is 13.7 Å². The Bertz CT molecular complexity index is 350. The molecular weight excluding hydrogens is 212 g/mol. The number of H-pyrrole nitrogens is 1. The second-order valence-corrected chi connectivity index (χ2v) is 3.13. The number of amides is 1. The summed E-state index contributed by atoms with van der Waals surface area (Å²) in [6.07, 6.45) is 3.36. The maximum absolute atomic E-state index is 11.4. The first-order valence-electron chi connectivity index (χ1n) is 4.72. The van der Waals surface area contributed by atoms with Gasteiger partial charge in [0.15, 0.2) is 0 Å². The smallest absolute Gasteiger partial charge is 0.328 e. The SMILES string of the molecule is COC(=O)[C@H](Cc1cnc[nH]1)NC(=O)CN. The number of esters is 1. The third kappa shape index (κ3) is 3.35. The van der Waals surface area contributed by atoms with Gasteiger partial charge in [0, 0.05) is 18.3 Å². The van der Waals surface area contributed by atoms with E-state index in [1.807, 2.05) is 0 Å². The van der Waals surface area contributed by atoms with Gasteiger partial charge in [-0.15, -0.1) is 0 Å². The Morgan fingerprint density at radius 1 is 1.69 bits per heavy atom. The highest BCUT2D eigenvalue weighted by molar-refractivity contribution is 5.85. The molecule has 7 nitrogen and oxygen atoms in total. The summed E-state index contributed by atoms with van der Waals surface area (Å²) in [6.45, 7) is -0.170. The van der Waals surface area contributed by atoms with E-state index in [1.165, 1.54) is 13.4 Å². The van der Waals surface area contributed by atoms with Gasteiger partial charge in [0.05, 0.1) is 20.0 Å². The van der Waals surface area contributed by atoms with E-state index in [4.69, 9.17) is 5.73 Å². The average molecular weight is 226 g/mol. The van der Waals surface area contributed by atoms with Gasteiger partial charge in [0.25, 0.3) is 0 Å². The minimum absolute atomic E-state index is 0.170. The third-order valence-electron chi connectivity index (χ3n) is 1.99. The summed E-state index contributed by atoms with van der Waals surface area (Å²) >= 11 is 0. The minimum Gasteiger partial charge on any atom is -0.467 e. The number of carbonyl (C=O) groups is 2. The van der Waals surface area contributed by atoms with Gasteiger partial charge in [-0.25, -0.2) is 9.78 Å². The molecule has 4 N–H and O–H groups in total. The molecule has 0 radical (unpaired) electrons. The van der Waals surface area contributed by atoms with Crippen LogP contribution in [0.25, 0.3) is 0 Å². The molecule has 0 aromatic carbocycles. The van der Waals surface area contributed by atoms with E-state index < -0.39 is 17.9 Å². The molecular formula is C9H14N4O3. The van der Waals surface area contributed by atoms with Crippen LogP contribution in [0.1, 0.15) is 5.69 Å². The first kappa shape index (κ1) is 12.2. The maximum atomic E-state index is 11.4. The lowest BCUT2D eigenvalue weighted by atomic mass is 10.1. The second-order valence-electron chi connectivity index (χ2n) is 3.13. The van der Waals surface area contributed by atoms with Gasteiger partial charge < -0.3 is 20.8 Å². The number of nitrogens with one attached hydrogen (secondary N) is 2. The summed E-state index contributed by atoms with van der Waals surface area (Å²) < 4.78 is 4.58. The van der Waals surface area contributed by atoms with Gasteiger partial charge in [-0.05, 0) is 0 Å². The van der Waals surface area contributed by atoms with Crippen LogP contribution in [0.5, 0.6) is 0 Å². The van der Waals surface area contributed by atoms with Crippen molar-refractivity contribution in [2.24, 2.45) is 5.73 Å². The number of aromatic nitrogens is 2. The Labute approximate surface area is 92.4 Å². The molecule has 1 rings (SSSR count). The summed E-state index contributed by atoms with van der Waals surface area (Å²) in [6, 6.07) is -0.749. The van der Waals surface area contributed by atoms with E-state index in [2.05, 4.69) is 20.0 Å². The van der Waals surface area contributed by atoms with Crippen LogP contribution < -0.4 is 11.1 Å². The van der Waals surface area contributed by atoms with Crippen LogP contribution >= 0.6 is 0 Å². The molecule has 1 amide bonds. The topological polar surface area (TPSA) is 110 Å². The molecule has 0 unspecified atom stereocenters. The standard InChI is InChI=1S/C9H14N4O3/c1-16-9(15)7(13-8(14)3-10)2-6-4-11-5-12-6/h4-5,7H,2-3,10H2,1H3,(H,11,12)(H,13,14)/t7-/m0/s1. The van der Waals surface area contributed by atoms with Crippen molar-refractivity contribution in [3.05, 3.63) is 18.2 Å². The predicted octanol–water partition coefficient (Wildman–Crippen LogP) is -1.43. The van der Waals surface area contributed by atoms with Crippen LogP contribution in [0.15, 0.2) is 12.5 Å². The van der Waals surface area contributed by atoms with Gasteiger partial charge in [-0.1, -0.05) is 0 Å². The molecule has 16 heavy (non-hydrogen) atoms. The van der Waals surface area contributed by atoms with E-state index in [0.29, 0.717) is 6.42 Å². The molecule has 88 valence electrons. The molecule has 0 fully saturated rings. The molecule has 0 aliphatic heterocycles. The van der Waals surface area contributed by atoms with Crippen LogP contribution in [-0.4, -0.2) is 41.5 Å². The maximum Gasteiger partial charge on any atom is 0.328 e. The Kier molecular flexibility index (Phi) is 4.46. The Balaban J connectivity index is 2.64. The highest BCUT2D eigenvalue weighted by atomic mass is 16.5. The van der Waals surface area contributed by atoms with Gasteiger partial charge in [0.2, 0.25) is 5.91 Å². The number of ether oxygens (including phenoxy) is 1. The number of imidazole rings is 1. The second kappa shape index (κ2) is 5.86. The zero-order chi connectivity index (χ0) is 12.0. The summed E-state index contributed by atoms with van der Waals surface area (Å²) in [7, 11) is 1.26. The molecule has 1 aromatic heterocycles. The largest absolute Gasteiger partial charge is 0.467 e. The predicted molar refractivity (Wildman–Crippen MR) is 55.3 cm³/mol. The molecule has 1 heterocycles. The van der Waals surface area contributed by atoms with Crippen LogP contribution in [0.3, 0.4) is 0 Å². The number of methoxy groups -OCH3 is 1. The average Bonchev–Trinajstić information content (AvgIpc) is 2.79. The zero-order valence-corrected chi connectivity index (χ0v) is 8.90. The molecule has 1 atom stereocenters. The first-order chi connectivity index (χ1) is 7.67. The van der Waals surface area contributed by atoms with Crippen molar-refractivity contribution >= 4 is 11.9 Å². The van der Waals surface area contributed by atoms with Crippen molar-refractivity contribution < 1.29 is 14.3 Å². The monoisotopic (exact) mass is 226 g/mol. The highest BCUT2D eigenvalue weighted by Crippen LogP contribution is 2.00. The highest BCUT2D eigenvalue weighted by Gasteiger charge is 2.21. The van der Waals surface area contributed by atoms with Crippen molar-refractivity contribution in [2.45, 2.75) is 12.5 Å². The normalized spacial score (nSPS) is 11.9. The summed E-state index contributed by atoms with van der Waals surface area (Å²) in [5.74, 6) is -0.925. The molecule has 1 aromatic rings. The van der Waals surface area contributed by atoms with Crippen molar-refractivity contribution in [3.8, 4) is 0 Å². The van der Waals surface area contributed by atoms with Crippen LogP contribution in [-0.2, 0) is 20.7 Å². The van der Waals surface area contributed by atoms with Gasteiger partial charge in [0.1, 0.15) is 6.04 Å². The summed E-state index contributed by atoms with van der Waals surface area (Å²) in [5, 5.41) is 2.47. The lowest BCUT2D eigenvalue weighted by Gasteiger charge is -2.14. The summed E-state index contributed by atoms with van der Waals surface area (Å²) in [4.78, 5) is 29.1. The lowest BCUT2D eigenvalue weighted by Crippen LogP contribution is -2.45. The minimum atomic E-state index is -0.749. The van der Waals surface area contributed by atoms with Gasteiger partial charge in [-0.3, -0.25) is 4.79 Å². The van der Waals surface area contributed by atoms with Crippen molar-refractivity contribution in [1.82, 2.24) is 15.3 Å². The molecule has 7 heteroatoms. The first-order valence-corrected chi connectivity index (χ1v) is 4.72. The van der Waals surface area contributed by atoms with E-state index >= 15 is 0 Å². The molecule has 0 aliphatic carbocycles. The van der Waals surface area contributed by atoms with Crippen LogP contribution in [0, 0.1) is 0 Å². The number of rotatable bonds is 5. The number of nitrogens with zero attached hydrogens (tertiary/aromatic N) is 1. The summed E-state index contributed by atoms with van der Waals surface area (Å²) in [5.41, 5.74) is 5.88. The van der Waals surface area contributed by atoms with Gasteiger partial charge in [-0.2, -0.15) is 0 Å². The van der Waals surface area contributed by atoms with E-state index in [0.717, 1.165) is 5.69 Å². The van der Waals surface area contributed by atoms with E-state index in [-0.39, 0.29) is 6.54 Å². The quantitative estimate of drug-likeness (QED) is 0.533. The van der Waals surface area contributed by atoms with Gasteiger partial charge >= 0.3 is 5.97 Å². The number of aromatic amines is 1. The Morgan fingerprint density at radius 3 is 2.94 bits per heavy atom. The zero-order valence-electron chi connectivity index (χ0n) is 8.90. The molecule has 0 saturated carbocycles. The molecule has 0 saturated heterocycles. The Hall–Kier alpha value is -1.89. The molecule has 0 spiro atoms. The lowest BCUT2D eigenvalue weighted by molar-refractivity contribution is -0.144. The third-order valence-corrected chi connectivity index (χ3v) is 1.99. The number of carbonyl (C=O) groups excluding carboxylic acids is 2. The Morgan fingerprint density at radius 2 is 2.44 bits per heavy atom. The number of hydrogen-bond donors (Lipinski definition) is 3. The van der Waals surface area contributed by atoms with Crippen molar-refractivity contribution in [3.63, 3.8) is 0 Å². The number of nitrogens with two attached hydrogens (primary N) is 1. The fourth-order valence-electron chi connectivity index (χ4n) is 1.21. The fraction of sp³-hybridized carbons (Fsp3) is 0.444. The van der Waals surface area contributed by atoms with E-state index in [9.17, 15) is 9.59 Å². The van der Waals surface area contributed by atoms with Crippen LogP contribution in [0.2, 0.25) is 0 Å². The van der Waals surface area contributed by atoms with Crippen molar-refractivity contribution in [1.29, 1.82) is 0 Å².